The van der Waals surface area contributed by atoms with Crippen molar-refractivity contribution in [3.63, 3.8) is 0 Å². The molecule has 1 aliphatic heterocycles. The number of carboxylic acid groups (broad SMARTS) is 1. The summed E-state index contributed by atoms with van der Waals surface area (Å²) >= 11 is 1.44. The van der Waals surface area contributed by atoms with Crippen LogP contribution in [0.4, 0.5) is 5.69 Å². The highest BCUT2D eigenvalue weighted by molar-refractivity contribution is 8.01. The van der Waals surface area contributed by atoms with E-state index < -0.39 is 11.9 Å². The van der Waals surface area contributed by atoms with E-state index >= 15 is 0 Å². The first kappa shape index (κ1) is 20.1. The van der Waals surface area contributed by atoms with Crippen LogP contribution in [0.5, 0.6) is 0 Å². The fourth-order valence-electron chi connectivity index (χ4n) is 2.92. The van der Waals surface area contributed by atoms with Crippen molar-refractivity contribution in [2.24, 2.45) is 5.92 Å². The highest BCUT2D eigenvalue weighted by Crippen LogP contribution is 2.36. The summed E-state index contributed by atoms with van der Waals surface area (Å²) in [7, 11) is 0. The molecule has 2 rings (SSSR count). The molecule has 140 valence electrons. The van der Waals surface area contributed by atoms with E-state index in [-0.39, 0.29) is 29.6 Å². The van der Waals surface area contributed by atoms with Crippen molar-refractivity contribution in [2.75, 3.05) is 18.4 Å². The summed E-state index contributed by atoms with van der Waals surface area (Å²) in [5.74, 6) is -2.26. The summed E-state index contributed by atoms with van der Waals surface area (Å²) in [6, 6.07) is 9.23. The first-order valence-corrected chi connectivity index (χ1v) is 9.46. The second-order valence-corrected chi connectivity index (χ2v) is 7.42. The van der Waals surface area contributed by atoms with Crippen LogP contribution in [-0.4, -0.2) is 50.7 Å². The maximum absolute atomic E-state index is 12.5. The van der Waals surface area contributed by atoms with Crippen LogP contribution in [0.15, 0.2) is 24.3 Å². The van der Waals surface area contributed by atoms with Gasteiger partial charge in [0.15, 0.2) is 0 Å². The van der Waals surface area contributed by atoms with E-state index in [1.54, 1.807) is 11.0 Å². The van der Waals surface area contributed by atoms with Crippen LogP contribution >= 0.6 is 11.8 Å². The minimum Gasteiger partial charge on any atom is -0.480 e. The average Bonchev–Trinajstić information content (AvgIpc) is 2.94. The third kappa shape index (κ3) is 4.90. The van der Waals surface area contributed by atoms with Gasteiger partial charge in [-0.05, 0) is 31.0 Å². The average molecular weight is 377 g/mol. The van der Waals surface area contributed by atoms with Gasteiger partial charge in [-0.3, -0.25) is 9.59 Å². The van der Waals surface area contributed by atoms with Gasteiger partial charge in [-0.2, -0.15) is 5.26 Å². The number of carboxylic acids is 1. The van der Waals surface area contributed by atoms with E-state index in [1.165, 1.54) is 11.8 Å². The largest absolute Gasteiger partial charge is 0.480 e. The van der Waals surface area contributed by atoms with Gasteiger partial charge in [0.05, 0.1) is 23.3 Å². The molecule has 0 bridgehead atoms. The summed E-state index contributed by atoms with van der Waals surface area (Å²) in [5, 5.41) is 29.9. The minimum absolute atomic E-state index is 0.00418. The van der Waals surface area contributed by atoms with E-state index in [1.807, 2.05) is 31.2 Å². The number of nitrogens with one attached hydrogen (secondary N) is 1. The molecule has 1 aromatic rings. The SMILES string of the molecule is CCN1C(=O)C(CCNc2cccc(CO)c2)SC1CC(C#N)C(=O)O. The predicted octanol–water partition coefficient (Wildman–Crippen LogP) is 1.89. The van der Waals surface area contributed by atoms with E-state index in [2.05, 4.69) is 5.32 Å². The molecule has 0 radical (unpaired) electrons. The molecule has 1 amide bonds. The Morgan fingerprint density at radius 1 is 1.50 bits per heavy atom. The Kier molecular flexibility index (Phi) is 7.30. The molecule has 26 heavy (non-hydrogen) atoms. The lowest BCUT2D eigenvalue weighted by Crippen LogP contribution is -2.36. The van der Waals surface area contributed by atoms with Crippen LogP contribution in [0.25, 0.3) is 0 Å². The summed E-state index contributed by atoms with van der Waals surface area (Å²) in [6.07, 6.45) is 0.739. The molecule has 7 nitrogen and oxygen atoms in total. The molecule has 0 aromatic heterocycles. The van der Waals surface area contributed by atoms with Crippen LogP contribution in [0.3, 0.4) is 0 Å². The standard InChI is InChI=1S/C18H23N3O4S/c1-2-21-16(9-13(10-19)18(24)25)26-15(17(21)23)6-7-20-14-5-3-4-12(8-14)11-22/h3-5,8,13,15-16,20,22H,2,6-7,9,11H2,1H3,(H,24,25). The minimum atomic E-state index is -1.15. The zero-order valence-electron chi connectivity index (χ0n) is 14.6. The Bertz CT molecular complexity index is 691. The van der Waals surface area contributed by atoms with Gasteiger partial charge in [-0.1, -0.05) is 12.1 Å². The number of aliphatic carboxylic acids is 1. The quantitative estimate of drug-likeness (QED) is 0.602. The Morgan fingerprint density at radius 2 is 2.27 bits per heavy atom. The fourth-order valence-corrected chi connectivity index (χ4v) is 4.51. The zero-order chi connectivity index (χ0) is 19.1. The highest BCUT2D eigenvalue weighted by Gasteiger charge is 2.40. The van der Waals surface area contributed by atoms with Crippen molar-refractivity contribution in [3.05, 3.63) is 29.8 Å². The smallest absolute Gasteiger partial charge is 0.321 e. The van der Waals surface area contributed by atoms with Gasteiger partial charge in [0.1, 0.15) is 5.92 Å². The number of carbonyl (C=O) groups is 2. The van der Waals surface area contributed by atoms with Crippen molar-refractivity contribution in [3.8, 4) is 6.07 Å². The summed E-state index contributed by atoms with van der Waals surface area (Å²) in [4.78, 5) is 25.3. The molecule has 1 heterocycles. The highest BCUT2D eigenvalue weighted by atomic mass is 32.2. The van der Waals surface area contributed by atoms with Gasteiger partial charge < -0.3 is 20.4 Å². The topological polar surface area (TPSA) is 114 Å². The molecule has 3 unspecified atom stereocenters. The van der Waals surface area contributed by atoms with Crippen molar-refractivity contribution < 1.29 is 19.8 Å². The maximum Gasteiger partial charge on any atom is 0.321 e. The summed E-state index contributed by atoms with van der Waals surface area (Å²) in [6.45, 7) is 2.91. The second-order valence-electron chi connectivity index (χ2n) is 6.03. The number of thioether (sulfide) groups is 1. The van der Waals surface area contributed by atoms with Gasteiger partial charge in [0.2, 0.25) is 5.91 Å². The molecule has 1 saturated heterocycles. The molecule has 0 spiro atoms. The van der Waals surface area contributed by atoms with Crippen LogP contribution in [0.1, 0.15) is 25.3 Å². The molecule has 1 aliphatic rings. The molecule has 3 atom stereocenters. The van der Waals surface area contributed by atoms with E-state index in [9.17, 15) is 9.59 Å². The number of nitriles is 1. The molecule has 8 heteroatoms. The van der Waals surface area contributed by atoms with Gasteiger partial charge in [0, 0.05) is 25.2 Å². The van der Waals surface area contributed by atoms with Crippen LogP contribution in [-0.2, 0) is 16.2 Å². The van der Waals surface area contributed by atoms with Gasteiger partial charge in [-0.15, -0.1) is 11.8 Å². The number of anilines is 1. The number of amides is 1. The van der Waals surface area contributed by atoms with E-state index in [4.69, 9.17) is 15.5 Å². The first-order valence-electron chi connectivity index (χ1n) is 8.52. The third-order valence-electron chi connectivity index (χ3n) is 4.30. The van der Waals surface area contributed by atoms with Gasteiger partial charge in [0.25, 0.3) is 0 Å². The molecular weight excluding hydrogens is 354 g/mol. The number of aliphatic hydroxyl groups is 1. The fraction of sp³-hybridized carbons (Fsp3) is 0.500. The van der Waals surface area contributed by atoms with Crippen molar-refractivity contribution >= 4 is 29.3 Å². The van der Waals surface area contributed by atoms with E-state index in [0.29, 0.717) is 19.5 Å². The van der Waals surface area contributed by atoms with Crippen molar-refractivity contribution in [1.29, 1.82) is 5.26 Å². The molecular formula is C18H23N3O4S. The van der Waals surface area contributed by atoms with Crippen LogP contribution < -0.4 is 5.32 Å². The first-order chi connectivity index (χ1) is 12.5. The van der Waals surface area contributed by atoms with Gasteiger partial charge in [-0.25, -0.2) is 0 Å². The monoisotopic (exact) mass is 377 g/mol. The maximum atomic E-state index is 12.5. The summed E-state index contributed by atoms with van der Waals surface area (Å²) in [5.41, 5.74) is 1.70. The molecule has 1 aromatic carbocycles. The number of rotatable bonds is 9. The molecule has 0 saturated carbocycles. The predicted molar refractivity (Wildman–Crippen MR) is 99.4 cm³/mol. The third-order valence-corrected chi connectivity index (χ3v) is 5.83. The molecule has 3 N–H and O–H groups in total. The Balaban J connectivity index is 1.92. The number of hydrogen-bond acceptors (Lipinski definition) is 6. The van der Waals surface area contributed by atoms with Crippen LogP contribution in [0, 0.1) is 17.2 Å². The summed E-state index contributed by atoms with van der Waals surface area (Å²) < 4.78 is 0. The number of carbonyl (C=O) groups excluding carboxylic acids is 1. The number of aliphatic hydroxyl groups excluding tert-OH is 1. The van der Waals surface area contributed by atoms with Gasteiger partial charge >= 0.3 is 5.97 Å². The lowest BCUT2D eigenvalue weighted by atomic mass is 10.1. The number of hydrogen-bond donors (Lipinski definition) is 3. The molecule has 1 fully saturated rings. The van der Waals surface area contributed by atoms with E-state index in [0.717, 1.165) is 11.3 Å². The van der Waals surface area contributed by atoms with Crippen LogP contribution in [0.2, 0.25) is 0 Å². The second kappa shape index (κ2) is 9.46. The zero-order valence-corrected chi connectivity index (χ0v) is 15.4. The Morgan fingerprint density at radius 3 is 2.88 bits per heavy atom. The Hall–Kier alpha value is -2.24. The van der Waals surface area contributed by atoms with Crippen molar-refractivity contribution in [2.45, 2.75) is 37.0 Å². The normalized spacial score (nSPS) is 20.7. The van der Waals surface area contributed by atoms with Crippen molar-refractivity contribution in [1.82, 2.24) is 4.90 Å². The number of benzene rings is 1. The molecule has 0 aliphatic carbocycles. The Labute approximate surface area is 157 Å². The lowest BCUT2D eigenvalue weighted by Gasteiger charge is -2.22. The number of nitrogens with zero attached hydrogens (tertiary/aromatic N) is 2. The lowest BCUT2D eigenvalue weighted by molar-refractivity contribution is -0.141.